The van der Waals surface area contributed by atoms with Crippen molar-refractivity contribution in [3.05, 3.63) is 58.9 Å². The van der Waals surface area contributed by atoms with Crippen molar-refractivity contribution < 1.29 is 4.79 Å². The molecule has 2 N–H and O–H groups in total. The van der Waals surface area contributed by atoms with Crippen molar-refractivity contribution in [3.63, 3.8) is 0 Å². The van der Waals surface area contributed by atoms with Crippen molar-refractivity contribution in [2.45, 2.75) is 20.8 Å². The average molecular weight is 357 g/mol. The standard InChI is InChI=1S/C17H17ClN6O/c1-10-11(2)24(12(3)21-10)16-19-8-15(9-20-16)23-17(25)22-14-6-4-5-13(18)7-14/h4-9H,1-3H3,(H2,22,23,25). The number of amides is 2. The fourth-order valence-electron chi connectivity index (χ4n) is 2.43. The van der Waals surface area contributed by atoms with Crippen molar-refractivity contribution in [3.8, 4) is 5.95 Å². The molecule has 0 spiro atoms. The third kappa shape index (κ3) is 3.77. The Morgan fingerprint density at radius 2 is 1.76 bits per heavy atom. The number of urea groups is 1. The highest BCUT2D eigenvalue weighted by atomic mass is 35.5. The summed E-state index contributed by atoms with van der Waals surface area (Å²) in [5.74, 6) is 1.32. The second-order valence-corrected chi connectivity index (χ2v) is 5.96. The van der Waals surface area contributed by atoms with Crippen LogP contribution in [-0.4, -0.2) is 25.6 Å². The number of anilines is 2. The van der Waals surface area contributed by atoms with E-state index in [2.05, 4.69) is 25.6 Å². The first-order chi connectivity index (χ1) is 11.9. The maximum Gasteiger partial charge on any atom is 0.323 e. The van der Waals surface area contributed by atoms with Crippen LogP contribution in [0, 0.1) is 20.8 Å². The lowest BCUT2D eigenvalue weighted by atomic mass is 10.3. The minimum Gasteiger partial charge on any atom is -0.308 e. The van der Waals surface area contributed by atoms with Crippen molar-refractivity contribution >= 4 is 29.0 Å². The third-order valence-corrected chi connectivity index (χ3v) is 3.93. The Morgan fingerprint density at radius 1 is 1.08 bits per heavy atom. The van der Waals surface area contributed by atoms with Gasteiger partial charge in [-0.2, -0.15) is 0 Å². The second-order valence-electron chi connectivity index (χ2n) is 5.53. The fourth-order valence-corrected chi connectivity index (χ4v) is 2.62. The summed E-state index contributed by atoms with van der Waals surface area (Å²) in [4.78, 5) is 25.0. The van der Waals surface area contributed by atoms with Gasteiger partial charge in [0.25, 0.3) is 0 Å². The first-order valence-electron chi connectivity index (χ1n) is 7.62. The molecule has 0 aliphatic heterocycles. The number of aryl methyl sites for hydroxylation is 2. The number of hydrogen-bond acceptors (Lipinski definition) is 4. The van der Waals surface area contributed by atoms with Crippen molar-refractivity contribution in [1.82, 2.24) is 19.5 Å². The Morgan fingerprint density at radius 3 is 2.36 bits per heavy atom. The van der Waals surface area contributed by atoms with Crippen LogP contribution in [0.25, 0.3) is 5.95 Å². The molecule has 0 aliphatic carbocycles. The summed E-state index contributed by atoms with van der Waals surface area (Å²) in [6, 6.07) is 6.50. The summed E-state index contributed by atoms with van der Waals surface area (Å²) in [5, 5.41) is 5.92. The van der Waals surface area contributed by atoms with Gasteiger partial charge in [0.1, 0.15) is 5.82 Å². The molecular formula is C17H17ClN6O. The van der Waals surface area contributed by atoms with Crippen LogP contribution in [0.5, 0.6) is 0 Å². The van der Waals surface area contributed by atoms with Gasteiger partial charge < -0.3 is 10.6 Å². The molecule has 0 radical (unpaired) electrons. The molecule has 0 bridgehead atoms. The number of carbonyl (C=O) groups is 1. The lowest BCUT2D eigenvalue weighted by molar-refractivity contribution is 0.262. The molecule has 2 aromatic heterocycles. The van der Waals surface area contributed by atoms with Crippen LogP contribution in [0.4, 0.5) is 16.2 Å². The molecule has 7 nitrogen and oxygen atoms in total. The third-order valence-electron chi connectivity index (χ3n) is 3.69. The quantitative estimate of drug-likeness (QED) is 0.745. The number of carbonyl (C=O) groups excluding carboxylic acids is 1. The molecule has 3 rings (SSSR count). The van der Waals surface area contributed by atoms with Crippen molar-refractivity contribution in [2.75, 3.05) is 10.6 Å². The first kappa shape index (κ1) is 16.9. The molecule has 0 saturated heterocycles. The minimum absolute atomic E-state index is 0.399. The van der Waals surface area contributed by atoms with E-state index in [1.807, 2.05) is 25.3 Å². The van der Waals surface area contributed by atoms with Crippen LogP contribution < -0.4 is 10.6 Å². The normalized spacial score (nSPS) is 10.6. The SMILES string of the molecule is Cc1nc(C)n(-c2ncc(NC(=O)Nc3cccc(Cl)c3)cn2)c1C. The molecule has 128 valence electrons. The fraction of sp³-hybridized carbons (Fsp3) is 0.176. The van der Waals surface area contributed by atoms with E-state index in [0.717, 1.165) is 17.2 Å². The van der Waals surface area contributed by atoms with Crippen LogP contribution >= 0.6 is 11.6 Å². The average Bonchev–Trinajstić information content (AvgIpc) is 2.81. The number of hydrogen-bond donors (Lipinski definition) is 2. The predicted octanol–water partition coefficient (Wildman–Crippen LogP) is 3.88. The van der Waals surface area contributed by atoms with Crippen LogP contribution in [-0.2, 0) is 0 Å². The summed E-state index contributed by atoms with van der Waals surface area (Å²) in [5.41, 5.74) is 3.00. The molecule has 1 aromatic carbocycles. The summed E-state index contributed by atoms with van der Waals surface area (Å²) in [7, 11) is 0. The number of nitrogens with zero attached hydrogens (tertiary/aromatic N) is 4. The lowest BCUT2D eigenvalue weighted by Crippen LogP contribution is -2.19. The Kier molecular flexibility index (Phi) is 4.67. The topological polar surface area (TPSA) is 84.7 Å². The predicted molar refractivity (Wildman–Crippen MR) is 97.5 cm³/mol. The van der Waals surface area contributed by atoms with E-state index in [-0.39, 0.29) is 0 Å². The number of nitrogens with one attached hydrogen (secondary N) is 2. The molecule has 2 amide bonds. The highest BCUT2D eigenvalue weighted by Gasteiger charge is 2.12. The molecule has 0 saturated carbocycles. The maximum atomic E-state index is 12.0. The number of aromatic nitrogens is 4. The summed E-state index contributed by atoms with van der Waals surface area (Å²) >= 11 is 5.89. The van der Waals surface area contributed by atoms with E-state index in [0.29, 0.717) is 22.3 Å². The van der Waals surface area contributed by atoms with E-state index in [1.54, 1.807) is 36.7 Å². The van der Waals surface area contributed by atoms with E-state index in [9.17, 15) is 4.79 Å². The van der Waals surface area contributed by atoms with Gasteiger partial charge in [-0.3, -0.25) is 4.57 Å². The molecule has 8 heteroatoms. The molecule has 0 atom stereocenters. The lowest BCUT2D eigenvalue weighted by Gasteiger charge is -2.09. The largest absolute Gasteiger partial charge is 0.323 e. The summed E-state index contributed by atoms with van der Waals surface area (Å²) in [6.45, 7) is 5.80. The second kappa shape index (κ2) is 6.90. The van der Waals surface area contributed by atoms with Gasteiger partial charge in [-0.15, -0.1) is 0 Å². The molecule has 0 fully saturated rings. The van der Waals surface area contributed by atoms with Crippen LogP contribution in [0.2, 0.25) is 5.02 Å². The van der Waals surface area contributed by atoms with E-state index in [1.165, 1.54) is 0 Å². The molecule has 25 heavy (non-hydrogen) atoms. The van der Waals surface area contributed by atoms with Gasteiger partial charge in [0.2, 0.25) is 5.95 Å². The van der Waals surface area contributed by atoms with Crippen molar-refractivity contribution in [2.24, 2.45) is 0 Å². The van der Waals surface area contributed by atoms with E-state index < -0.39 is 6.03 Å². The van der Waals surface area contributed by atoms with Gasteiger partial charge in [-0.25, -0.2) is 19.7 Å². The number of benzene rings is 1. The van der Waals surface area contributed by atoms with Crippen LogP contribution in [0.15, 0.2) is 36.7 Å². The molecule has 2 heterocycles. The van der Waals surface area contributed by atoms with Gasteiger partial charge >= 0.3 is 6.03 Å². The zero-order valence-corrected chi connectivity index (χ0v) is 14.8. The van der Waals surface area contributed by atoms with Gasteiger partial charge in [0, 0.05) is 16.4 Å². The number of imidazole rings is 1. The zero-order chi connectivity index (χ0) is 18.0. The van der Waals surface area contributed by atoms with Gasteiger partial charge in [-0.1, -0.05) is 17.7 Å². The van der Waals surface area contributed by atoms with Crippen molar-refractivity contribution in [1.29, 1.82) is 0 Å². The molecule has 0 aliphatic rings. The van der Waals surface area contributed by atoms with Crippen LogP contribution in [0.3, 0.4) is 0 Å². The molecule has 0 unspecified atom stereocenters. The summed E-state index contributed by atoms with van der Waals surface area (Å²) < 4.78 is 1.87. The number of halogens is 1. The Labute approximate surface area is 150 Å². The highest BCUT2D eigenvalue weighted by Crippen LogP contribution is 2.16. The maximum absolute atomic E-state index is 12.0. The Balaban J connectivity index is 1.71. The Bertz CT molecular complexity index is 919. The first-order valence-corrected chi connectivity index (χ1v) is 8.00. The van der Waals surface area contributed by atoms with E-state index >= 15 is 0 Å². The molecular weight excluding hydrogens is 340 g/mol. The molecule has 3 aromatic rings. The summed E-state index contributed by atoms with van der Waals surface area (Å²) in [6.07, 6.45) is 3.10. The minimum atomic E-state index is -0.399. The monoisotopic (exact) mass is 356 g/mol. The number of rotatable bonds is 3. The van der Waals surface area contributed by atoms with Gasteiger partial charge in [0.15, 0.2) is 0 Å². The zero-order valence-electron chi connectivity index (χ0n) is 14.0. The Hall–Kier alpha value is -2.93. The van der Waals surface area contributed by atoms with E-state index in [4.69, 9.17) is 11.6 Å². The highest BCUT2D eigenvalue weighted by molar-refractivity contribution is 6.30. The van der Waals surface area contributed by atoms with Gasteiger partial charge in [0.05, 0.1) is 23.8 Å². The smallest absolute Gasteiger partial charge is 0.308 e. The van der Waals surface area contributed by atoms with Gasteiger partial charge in [-0.05, 0) is 39.0 Å². The van der Waals surface area contributed by atoms with Crippen LogP contribution in [0.1, 0.15) is 17.2 Å².